The summed E-state index contributed by atoms with van der Waals surface area (Å²) in [6.07, 6.45) is 3.34. The van der Waals surface area contributed by atoms with Crippen molar-refractivity contribution >= 4 is 17.5 Å². The molecule has 2 amide bonds. The van der Waals surface area contributed by atoms with Gasteiger partial charge in [-0.1, -0.05) is 42.5 Å². The van der Waals surface area contributed by atoms with Crippen molar-refractivity contribution in [3.63, 3.8) is 0 Å². The number of benzene rings is 2. The molecule has 150 valence electrons. The van der Waals surface area contributed by atoms with Gasteiger partial charge < -0.3 is 9.80 Å². The number of hydrogen-bond donors (Lipinski definition) is 0. The van der Waals surface area contributed by atoms with Crippen LogP contribution in [0.1, 0.15) is 37.3 Å². The summed E-state index contributed by atoms with van der Waals surface area (Å²) >= 11 is 0. The number of nitriles is 1. The van der Waals surface area contributed by atoms with E-state index in [2.05, 4.69) is 30.3 Å². The lowest BCUT2D eigenvalue weighted by Gasteiger charge is -2.33. The Morgan fingerprint density at radius 1 is 1.07 bits per heavy atom. The molecular formula is C24H27N3O2. The highest BCUT2D eigenvalue weighted by molar-refractivity contribution is 5.93. The van der Waals surface area contributed by atoms with Gasteiger partial charge >= 0.3 is 0 Å². The van der Waals surface area contributed by atoms with Gasteiger partial charge in [0.1, 0.15) is 6.07 Å². The number of rotatable bonds is 6. The zero-order chi connectivity index (χ0) is 20.6. The Kier molecular flexibility index (Phi) is 7.02. The van der Waals surface area contributed by atoms with Crippen molar-refractivity contribution < 1.29 is 9.59 Å². The van der Waals surface area contributed by atoms with E-state index < -0.39 is 0 Å². The molecule has 2 aromatic rings. The predicted molar refractivity (Wildman–Crippen MR) is 113 cm³/mol. The predicted octanol–water partition coefficient (Wildman–Crippen LogP) is 3.78. The summed E-state index contributed by atoms with van der Waals surface area (Å²) in [7, 11) is 0. The minimum Gasteiger partial charge on any atom is -0.343 e. The van der Waals surface area contributed by atoms with E-state index in [0.717, 1.165) is 32.4 Å². The maximum atomic E-state index is 12.7. The number of amides is 2. The minimum absolute atomic E-state index is 0.0730. The molecule has 0 bridgehead atoms. The van der Waals surface area contributed by atoms with E-state index in [-0.39, 0.29) is 24.8 Å². The van der Waals surface area contributed by atoms with Gasteiger partial charge in [0, 0.05) is 33.0 Å². The van der Waals surface area contributed by atoms with Crippen LogP contribution >= 0.6 is 0 Å². The highest BCUT2D eigenvalue weighted by Gasteiger charge is 2.24. The van der Waals surface area contributed by atoms with Crippen LogP contribution in [0.15, 0.2) is 54.6 Å². The normalized spacial score (nSPS) is 14.3. The summed E-state index contributed by atoms with van der Waals surface area (Å²) in [6.45, 7) is 3.29. The molecular weight excluding hydrogens is 362 g/mol. The van der Waals surface area contributed by atoms with Gasteiger partial charge in [0.2, 0.25) is 11.8 Å². The number of para-hydroxylation sites is 1. The Bertz CT molecular complexity index is 880. The lowest BCUT2D eigenvalue weighted by molar-refractivity contribution is -0.132. The van der Waals surface area contributed by atoms with Crippen LogP contribution in [0.5, 0.6) is 0 Å². The van der Waals surface area contributed by atoms with Gasteiger partial charge in [-0.3, -0.25) is 9.59 Å². The zero-order valence-electron chi connectivity index (χ0n) is 16.9. The molecule has 1 aliphatic heterocycles. The quantitative estimate of drug-likeness (QED) is 0.755. The largest absolute Gasteiger partial charge is 0.343 e. The molecule has 3 rings (SSSR count). The highest BCUT2D eigenvalue weighted by atomic mass is 16.2. The Balaban J connectivity index is 1.52. The fourth-order valence-electron chi connectivity index (χ4n) is 3.95. The van der Waals surface area contributed by atoms with Crippen LogP contribution < -0.4 is 4.90 Å². The Labute approximate surface area is 172 Å². The molecule has 0 radical (unpaired) electrons. The second-order valence-corrected chi connectivity index (χ2v) is 7.56. The molecule has 0 N–H and O–H groups in total. The molecule has 0 aromatic heterocycles. The number of anilines is 1. The van der Waals surface area contributed by atoms with Gasteiger partial charge in [-0.05, 0) is 42.9 Å². The topological polar surface area (TPSA) is 64.4 Å². The van der Waals surface area contributed by atoms with Crippen molar-refractivity contribution in [3.05, 3.63) is 65.7 Å². The summed E-state index contributed by atoms with van der Waals surface area (Å²) in [5.41, 5.74) is 2.36. The minimum atomic E-state index is -0.165. The maximum absolute atomic E-state index is 12.7. The molecule has 5 nitrogen and oxygen atoms in total. The lowest BCUT2D eigenvalue weighted by atomic mass is 9.90. The van der Waals surface area contributed by atoms with E-state index in [1.54, 1.807) is 24.3 Å². The Morgan fingerprint density at radius 3 is 2.38 bits per heavy atom. The molecule has 0 atom stereocenters. The number of likely N-dealkylation sites (tertiary alicyclic amines) is 1. The van der Waals surface area contributed by atoms with Crippen molar-refractivity contribution in [2.45, 2.75) is 32.6 Å². The summed E-state index contributed by atoms with van der Waals surface area (Å²) in [6, 6.07) is 19.6. The molecule has 1 aliphatic rings. The average molecular weight is 389 g/mol. The number of hydrogen-bond acceptors (Lipinski definition) is 3. The molecule has 1 fully saturated rings. The van der Waals surface area contributed by atoms with E-state index >= 15 is 0 Å². The van der Waals surface area contributed by atoms with Gasteiger partial charge in [0.05, 0.1) is 11.3 Å². The monoisotopic (exact) mass is 389 g/mol. The first-order valence-corrected chi connectivity index (χ1v) is 10.2. The van der Waals surface area contributed by atoms with Crippen LogP contribution in [0.2, 0.25) is 0 Å². The van der Waals surface area contributed by atoms with Crippen LogP contribution in [0.4, 0.5) is 5.69 Å². The zero-order valence-corrected chi connectivity index (χ0v) is 16.9. The van der Waals surface area contributed by atoms with Crippen LogP contribution in [-0.2, 0) is 16.0 Å². The first-order chi connectivity index (χ1) is 14.1. The average Bonchev–Trinajstić information content (AvgIpc) is 2.75. The third-order valence-corrected chi connectivity index (χ3v) is 5.58. The van der Waals surface area contributed by atoms with Crippen LogP contribution in [-0.4, -0.2) is 36.3 Å². The van der Waals surface area contributed by atoms with Crippen molar-refractivity contribution in [1.29, 1.82) is 5.26 Å². The number of piperidine rings is 1. The van der Waals surface area contributed by atoms with Crippen molar-refractivity contribution in [1.82, 2.24) is 4.90 Å². The summed E-state index contributed by atoms with van der Waals surface area (Å²) < 4.78 is 0. The fourth-order valence-corrected chi connectivity index (χ4v) is 3.95. The molecule has 2 aromatic carbocycles. The molecule has 0 aliphatic carbocycles. The van der Waals surface area contributed by atoms with E-state index in [1.165, 1.54) is 17.4 Å². The first kappa shape index (κ1) is 20.6. The van der Waals surface area contributed by atoms with E-state index in [0.29, 0.717) is 17.2 Å². The standard InChI is InChI=1S/C24H27N3O2/c1-19(28)27(23-10-6-5-9-22(23)18-25)16-13-24(29)26-14-11-21(12-15-26)17-20-7-3-2-4-8-20/h2-10,21H,11-17H2,1H3. The summed E-state index contributed by atoms with van der Waals surface area (Å²) in [5, 5.41) is 9.30. The van der Waals surface area contributed by atoms with Gasteiger partial charge in [-0.25, -0.2) is 0 Å². The first-order valence-electron chi connectivity index (χ1n) is 10.2. The smallest absolute Gasteiger partial charge is 0.224 e. The fraction of sp³-hybridized carbons (Fsp3) is 0.375. The van der Waals surface area contributed by atoms with Crippen LogP contribution in [0, 0.1) is 17.2 Å². The molecule has 1 heterocycles. The van der Waals surface area contributed by atoms with Gasteiger partial charge in [-0.2, -0.15) is 5.26 Å². The maximum Gasteiger partial charge on any atom is 0.224 e. The van der Waals surface area contributed by atoms with Gasteiger partial charge in [0.25, 0.3) is 0 Å². The second kappa shape index (κ2) is 9.88. The molecule has 0 saturated carbocycles. The number of carbonyl (C=O) groups is 2. The van der Waals surface area contributed by atoms with Crippen LogP contribution in [0.3, 0.4) is 0 Å². The second-order valence-electron chi connectivity index (χ2n) is 7.56. The molecule has 29 heavy (non-hydrogen) atoms. The third-order valence-electron chi connectivity index (χ3n) is 5.58. The highest BCUT2D eigenvalue weighted by Crippen LogP contribution is 2.23. The lowest BCUT2D eigenvalue weighted by Crippen LogP contribution is -2.41. The van der Waals surface area contributed by atoms with Gasteiger partial charge in [0.15, 0.2) is 0 Å². The molecule has 1 saturated heterocycles. The molecule has 0 unspecified atom stereocenters. The number of nitrogens with zero attached hydrogens (tertiary/aromatic N) is 3. The van der Waals surface area contributed by atoms with E-state index in [9.17, 15) is 14.9 Å². The van der Waals surface area contributed by atoms with E-state index in [1.807, 2.05) is 11.0 Å². The third kappa shape index (κ3) is 5.45. The Hall–Kier alpha value is -3.13. The molecule has 0 spiro atoms. The number of carbonyl (C=O) groups excluding carboxylic acids is 2. The SMILES string of the molecule is CC(=O)N(CCC(=O)N1CCC(Cc2ccccc2)CC1)c1ccccc1C#N. The Morgan fingerprint density at radius 2 is 1.72 bits per heavy atom. The summed E-state index contributed by atoms with van der Waals surface area (Å²) in [4.78, 5) is 28.2. The molecule has 5 heteroatoms. The van der Waals surface area contributed by atoms with Crippen molar-refractivity contribution in [3.8, 4) is 6.07 Å². The van der Waals surface area contributed by atoms with E-state index in [4.69, 9.17) is 0 Å². The van der Waals surface area contributed by atoms with Crippen molar-refractivity contribution in [2.75, 3.05) is 24.5 Å². The van der Waals surface area contributed by atoms with Crippen LogP contribution in [0.25, 0.3) is 0 Å². The summed E-state index contributed by atoms with van der Waals surface area (Å²) in [5.74, 6) is 0.517. The van der Waals surface area contributed by atoms with Crippen molar-refractivity contribution in [2.24, 2.45) is 5.92 Å². The van der Waals surface area contributed by atoms with Gasteiger partial charge in [-0.15, -0.1) is 0 Å².